The van der Waals surface area contributed by atoms with Gasteiger partial charge < -0.3 is 23.4 Å². The maximum atomic E-state index is 13.7. The van der Waals surface area contributed by atoms with Crippen LogP contribution >= 0.6 is 0 Å². The van der Waals surface area contributed by atoms with Gasteiger partial charge in [-0.15, -0.1) is 0 Å². The van der Waals surface area contributed by atoms with E-state index in [0.717, 1.165) is 36.0 Å². The summed E-state index contributed by atoms with van der Waals surface area (Å²) in [5.74, 6) is 0.402. The quantitative estimate of drug-likeness (QED) is 0.118. The van der Waals surface area contributed by atoms with Crippen LogP contribution in [-0.2, 0) is 29.6 Å². The number of hydrogen-bond acceptors (Lipinski definition) is 6. The molecule has 0 spiro atoms. The maximum Gasteiger partial charge on any atom is 0.316 e. The largest absolute Gasteiger partial charge is 0.497 e. The van der Waals surface area contributed by atoms with Gasteiger partial charge in [0.2, 0.25) is 0 Å². The number of ether oxygens (including phenoxy) is 3. The number of aldehydes is 1. The Hall–Kier alpha value is -1.70. The Balaban J connectivity index is 2.29. The smallest absolute Gasteiger partial charge is 0.316 e. The summed E-state index contributed by atoms with van der Waals surface area (Å²) in [5.41, 5.74) is 1.36. The van der Waals surface area contributed by atoms with Gasteiger partial charge in [0.25, 0.3) is 0 Å². The second-order valence-electron chi connectivity index (χ2n) is 15.7. The minimum atomic E-state index is -2.11. The number of carbonyl (C=O) groups excluding carboxylic acids is 2. The molecule has 0 saturated carbocycles. The van der Waals surface area contributed by atoms with Crippen LogP contribution < -0.4 is 9.47 Å². The van der Waals surface area contributed by atoms with Crippen molar-refractivity contribution in [3.8, 4) is 11.5 Å². The van der Waals surface area contributed by atoms with Gasteiger partial charge in [0.15, 0.2) is 8.32 Å². The fraction of sp³-hybridized carbons (Fsp3) is 0.765. The molecular formula is C34H58O6Si. The van der Waals surface area contributed by atoms with Crippen molar-refractivity contribution in [1.82, 2.24) is 0 Å². The number of benzene rings is 1. The Morgan fingerprint density at radius 1 is 0.927 bits per heavy atom. The lowest BCUT2D eigenvalue weighted by Crippen LogP contribution is -2.49. The molecule has 1 aromatic rings. The van der Waals surface area contributed by atoms with Gasteiger partial charge in [-0.1, -0.05) is 76.2 Å². The number of carbonyl (C=O) groups is 2. The molecule has 7 heteroatoms. The average molecular weight is 591 g/mol. The SMILES string of the molecule is COc1cc(C(C)(C)C)c(OC(=O)[C@H](C)[C@H]2CC[C@@H]([C@@H](C)[C@@H](O[Si](C)(C)C(C)(C)C)[C@H](C)C=O)O2)c(C(C)(C)C)c1. The lowest BCUT2D eigenvalue weighted by atomic mass is 9.79. The normalized spacial score (nSPS) is 21.6. The van der Waals surface area contributed by atoms with E-state index in [1.807, 2.05) is 26.0 Å². The van der Waals surface area contributed by atoms with Gasteiger partial charge in [-0.3, -0.25) is 4.79 Å². The zero-order valence-corrected chi connectivity index (χ0v) is 29.6. The van der Waals surface area contributed by atoms with E-state index in [1.165, 1.54) is 0 Å². The van der Waals surface area contributed by atoms with Crippen molar-refractivity contribution in [3.63, 3.8) is 0 Å². The van der Waals surface area contributed by atoms with Crippen LogP contribution in [0.15, 0.2) is 12.1 Å². The van der Waals surface area contributed by atoms with E-state index in [9.17, 15) is 9.59 Å². The molecule has 1 heterocycles. The molecule has 0 unspecified atom stereocenters. The molecule has 1 aliphatic heterocycles. The molecule has 1 saturated heterocycles. The van der Waals surface area contributed by atoms with Gasteiger partial charge in [-0.2, -0.15) is 0 Å². The monoisotopic (exact) mass is 590 g/mol. The van der Waals surface area contributed by atoms with Crippen LogP contribution in [0, 0.1) is 17.8 Å². The minimum Gasteiger partial charge on any atom is -0.497 e. The molecule has 0 bridgehead atoms. The Morgan fingerprint density at radius 2 is 1.41 bits per heavy atom. The molecule has 6 atom stereocenters. The van der Waals surface area contributed by atoms with Crippen molar-refractivity contribution in [2.45, 2.75) is 143 Å². The molecular weight excluding hydrogens is 532 g/mol. The molecule has 1 aliphatic rings. The van der Waals surface area contributed by atoms with Crippen LogP contribution in [0.1, 0.15) is 107 Å². The van der Waals surface area contributed by atoms with Crippen molar-refractivity contribution < 1.29 is 28.2 Å². The van der Waals surface area contributed by atoms with Crippen molar-refractivity contribution in [2.24, 2.45) is 17.8 Å². The topological polar surface area (TPSA) is 71.1 Å². The summed E-state index contributed by atoms with van der Waals surface area (Å²) in [5, 5.41) is 0.0319. The molecule has 0 amide bonds. The van der Waals surface area contributed by atoms with Crippen molar-refractivity contribution in [2.75, 3.05) is 7.11 Å². The van der Waals surface area contributed by atoms with Gasteiger partial charge in [0, 0.05) is 23.0 Å². The Kier molecular flexibility index (Phi) is 11.2. The zero-order chi connectivity index (χ0) is 31.7. The van der Waals surface area contributed by atoms with Gasteiger partial charge in [-0.25, -0.2) is 0 Å². The molecule has 1 fully saturated rings. The van der Waals surface area contributed by atoms with Crippen LogP contribution in [0.2, 0.25) is 18.1 Å². The van der Waals surface area contributed by atoms with Crippen LogP contribution in [0.4, 0.5) is 0 Å². The van der Waals surface area contributed by atoms with Crippen LogP contribution in [0.5, 0.6) is 11.5 Å². The van der Waals surface area contributed by atoms with Gasteiger partial charge in [-0.05, 0) is 60.9 Å². The maximum absolute atomic E-state index is 13.7. The third kappa shape index (κ3) is 8.44. The number of rotatable bonds is 10. The first-order chi connectivity index (χ1) is 18.5. The molecule has 0 N–H and O–H groups in total. The highest BCUT2D eigenvalue weighted by molar-refractivity contribution is 6.74. The molecule has 1 aromatic carbocycles. The fourth-order valence-electron chi connectivity index (χ4n) is 5.23. The first-order valence-electron chi connectivity index (χ1n) is 15.3. The number of methoxy groups -OCH3 is 1. The van der Waals surface area contributed by atoms with E-state index >= 15 is 0 Å². The summed E-state index contributed by atoms with van der Waals surface area (Å²) in [6.45, 7) is 29.7. The molecule has 41 heavy (non-hydrogen) atoms. The second kappa shape index (κ2) is 12.9. The van der Waals surface area contributed by atoms with Crippen LogP contribution in [-0.4, -0.2) is 46.0 Å². The highest BCUT2D eigenvalue weighted by atomic mass is 28.4. The predicted octanol–water partition coefficient (Wildman–Crippen LogP) is 8.24. The van der Waals surface area contributed by atoms with Gasteiger partial charge in [0.1, 0.15) is 17.8 Å². The fourth-order valence-corrected chi connectivity index (χ4v) is 6.70. The first kappa shape index (κ1) is 35.5. The highest BCUT2D eigenvalue weighted by Crippen LogP contribution is 2.44. The lowest BCUT2D eigenvalue weighted by Gasteiger charge is -2.43. The lowest BCUT2D eigenvalue weighted by molar-refractivity contribution is -0.144. The van der Waals surface area contributed by atoms with Crippen molar-refractivity contribution in [1.29, 1.82) is 0 Å². The third-order valence-electron chi connectivity index (χ3n) is 9.21. The Morgan fingerprint density at radius 3 is 1.83 bits per heavy atom. The Labute approximate surface area is 251 Å². The van der Waals surface area contributed by atoms with E-state index in [-0.39, 0.29) is 52.0 Å². The summed E-state index contributed by atoms with van der Waals surface area (Å²) < 4.78 is 25.2. The van der Waals surface area contributed by atoms with Crippen LogP contribution in [0.25, 0.3) is 0 Å². The van der Waals surface area contributed by atoms with Crippen molar-refractivity contribution >= 4 is 20.6 Å². The van der Waals surface area contributed by atoms with E-state index in [4.69, 9.17) is 18.6 Å². The molecule has 0 radical (unpaired) electrons. The van der Waals surface area contributed by atoms with Gasteiger partial charge >= 0.3 is 5.97 Å². The Bertz CT molecular complexity index is 1020. The summed E-state index contributed by atoms with van der Waals surface area (Å²) in [4.78, 5) is 25.6. The standard InChI is InChI=1S/C34H58O6Si/c1-21(20-35)29(40-41(14,15)34(10,11)12)22(2)27-16-17-28(38-27)23(3)31(36)39-30-25(32(4,5)6)18-24(37-13)19-26(30)33(7,8)9/h18-23,27-29H,16-17H2,1-15H3/t21-,22-,23-,27+,28-,29+/m1/s1. The summed E-state index contributed by atoms with van der Waals surface area (Å²) in [6, 6.07) is 3.95. The van der Waals surface area contributed by atoms with Gasteiger partial charge in [0.05, 0.1) is 31.3 Å². The number of hydrogen-bond donors (Lipinski definition) is 0. The second-order valence-corrected chi connectivity index (χ2v) is 20.5. The van der Waals surface area contributed by atoms with E-state index in [0.29, 0.717) is 5.75 Å². The molecule has 0 aliphatic carbocycles. The first-order valence-corrected chi connectivity index (χ1v) is 18.2. The summed E-state index contributed by atoms with van der Waals surface area (Å²) >= 11 is 0. The highest BCUT2D eigenvalue weighted by Gasteiger charge is 2.45. The summed E-state index contributed by atoms with van der Waals surface area (Å²) in [7, 11) is -0.446. The molecule has 2 rings (SSSR count). The van der Waals surface area contributed by atoms with E-state index in [2.05, 4.69) is 82.3 Å². The minimum absolute atomic E-state index is 0.0131. The molecule has 0 aromatic heterocycles. The molecule has 6 nitrogen and oxygen atoms in total. The number of esters is 1. The molecule has 234 valence electrons. The average Bonchev–Trinajstić information content (AvgIpc) is 3.34. The summed E-state index contributed by atoms with van der Waals surface area (Å²) in [6.07, 6.45) is 1.98. The third-order valence-corrected chi connectivity index (χ3v) is 13.7. The van der Waals surface area contributed by atoms with Crippen LogP contribution in [0.3, 0.4) is 0 Å². The predicted molar refractivity (Wildman–Crippen MR) is 170 cm³/mol. The van der Waals surface area contributed by atoms with E-state index in [1.54, 1.807) is 7.11 Å². The van der Waals surface area contributed by atoms with Crippen molar-refractivity contribution in [3.05, 3.63) is 23.3 Å². The van der Waals surface area contributed by atoms with E-state index < -0.39 is 14.2 Å². The zero-order valence-electron chi connectivity index (χ0n) is 28.6.